The Hall–Kier alpha value is -2.22. The average Bonchev–Trinajstić information content (AvgIpc) is 3.15. The van der Waals surface area contributed by atoms with E-state index in [0.717, 1.165) is 30.9 Å². The lowest BCUT2D eigenvalue weighted by Crippen LogP contribution is -2.14. The third-order valence-corrected chi connectivity index (χ3v) is 6.73. The molecule has 0 saturated heterocycles. The Morgan fingerprint density at radius 2 is 1.79 bits per heavy atom. The zero-order valence-electron chi connectivity index (χ0n) is 14.8. The maximum absolute atomic E-state index is 12.5. The van der Waals surface area contributed by atoms with Gasteiger partial charge in [-0.25, -0.2) is 0 Å². The van der Waals surface area contributed by atoms with Crippen LogP contribution in [0.15, 0.2) is 75.5 Å². The molecule has 0 aliphatic carbocycles. The number of aromatic nitrogens is 2. The molecule has 0 spiro atoms. The van der Waals surface area contributed by atoms with Gasteiger partial charge in [-0.1, -0.05) is 93.6 Å². The zero-order valence-corrected chi connectivity index (χ0v) is 18.0. The summed E-state index contributed by atoms with van der Waals surface area (Å²) in [5.41, 5.74) is 2.22. The number of nitrogens with zero attached hydrogens (tertiary/aromatic N) is 2. The lowest BCUT2D eigenvalue weighted by molar-refractivity contribution is -0.115. The summed E-state index contributed by atoms with van der Waals surface area (Å²) in [5.74, 6) is 0.725. The highest BCUT2D eigenvalue weighted by molar-refractivity contribution is 9.10. The minimum Gasteiger partial charge on any atom is -0.300 e. The van der Waals surface area contributed by atoms with Gasteiger partial charge in [-0.2, -0.15) is 0 Å². The monoisotopic (exact) mass is 469 g/mol. The summed E-state index contributed by atoms with van der Waals surface area (Å²) in [5, 5.41) is 13.9. The first-order chi connectivity index (χ1) is 13.7. The van der Waals surface area contributed by atoms with Crippen molar-refractivity contribution in [2.45, 2.75) is 16.5 Å². The van der Waals surface area contributed by atoms with Crippen molar-refractivity contribution in [3.05, 3.63) is 82.3 Å². The molecule has 0 bridgehead atoms. The van der Waals surface area contributed by atoms with E-state index in [1.54, 1.807) is 11.8 Å². The van der Waals surface area contributed by atoms with E-state index in [4.69, 9.17) is 0 Å². The van der Waals surface area contributed by atoms with E-state index in [-0.39, 0.29) is 5.91 Å². The summed E-state index contributed by atoms with van der Waals surface area (Å²) in [6.45, 7) is 0. The van der Waals surface area contributed by atoms with E-state index in [1.165, 1.54) is 16.9 Å². The number of halogens is 1. The molecule has 0 aliphatic heterocycles. The normalized spacial score (nSPS) is 10.9. The lowest BCUT2D eigenvalue weighted by atomic mass is 10.0. The Morgan fingerprint density at radius 1 is 1.00 bits per heavy atom. The van der Waals surface area contributed by atoms with E-state index in [0.29, 0.717) is 11.6 Å². The van der Waals surface area contributed by atoms with Crippen LogP contribution in [0.1, 0.15) is 11.1 Å². The molecule has 0 saturated carbocycles. The number of benzene rings is 3. The number of hydrogen-bond donors (Lipinski definition) is 1. The molecule has 4 aromatic rings. The zero-order chi connectivity index (χ0) is 19.3. The predicted octanol–water partition coefficient (Wildman–Crippen LogP) is 5.93. The van der Waals surface area contributed by atoms with Crippen LogP contribution in [0, 0.1) is 0 Å². The molecular formula is C21H16BrN3OS2. The summed E-state index contributed by atoms with van der Waals surface area (Å²) in [7, 11) is 0. The van der Waals surface area contributed by atoms with Gasteiger partial charge in [0.2, 0.25) is 11.0 Å². The standard InChI is InChI=1S/C21H16BrN3OS2/c22-17-10-8-14(9-11-17)13-27-21-25-24-20(28-21)23-19(26)12-16-6-3-5-15-4-1-2-7-18(15)16/h1-11H,12-13H2,(H,23,24,26). The Bertz CT molecular complexity index is 1110. The molecule has 1 aromatic heterocycles. The Balaban J connectivity index is 1.36. The number of fused-ring (bicyclic) bond motifs is 1. The van der Waals surface area contributed by atoms with Crippen molar-refractivity contribution in [3.8, 4) is 0 Å². The maximum atomic E-state index is 12.5. The van der Waals surface area contributed by atoms with Gasteiger partial charge in [0, 0.05) is 10.2 Å². The highest BCUT2D eigenvalue weighted by Crippen LogP contribution is 2.29. The van der Waals surface area contributed by atoms with E-state index < -0.39 is 0 Å². The number of hydrogen-bond acceptors (Lipinski definition) is 5. The molecule has 0 radical (unpaired) electrons. The van der Waals surface area contributed by atoms with Gasteiger partial charge in [-0.05, 0) is 34.0 Å². The second-order valence-electron chi connectivity index (χ2n) is 6.15. The predicted molar refractivity (Wildman–Crippen MR) is 120 cm³/mol. The molecule has 0 aliphatic rings. The molecular weight excluding hydrogens is 454 g/mol. The van der Waals surface area contributed by atoms with Gasteiger partial charge >= 0.3 is 0 Å². The number of amides is 1. The van der Waals surface area contributed by atoms with Gasteiger partial charge in [0.25, 0.3) is 0 Å². The summed E-state index contributed by atoms with van der Waals surface area (Å²) in [6, 6.07) is 22.3. The molecule has 0 atom stereocenters. The largest absolute Gasteiger partial charge is 0.300 e. The quantitative estimate of drug-likeness (QED) is 0.281. The average molecular weight is 470 g/mol. The Morgan fingerprint density at radius 3 is 2.64 bits per heavy atom. The van der Waals surface area contributed by atoms with Crippen molar-refractivity contribution < 1.29 is 4.79 Å². The fourth-order valence-electron chi connectivity index (χ4n) is 2.83. The number of rotatable bonds is 6. The second-order valence-corrected chi connectivity index (χ2v) is 9.27. The van der Waals surface area contributed by atoms with Crippen molar-refractivity contribution in [1.82, 2.24) is 10.2 Å². The van der Waals surface area contributed by atoms with Gasteiger partial charge in [0.05, 0.1) is 6.42 Å². The third-order valence-electron chi connectivity index (χ3n) is 4.16. The van der Waals surface area contributed by atoms with Crippen LogP contribution in [0.5, 0.6) is 0 Å². The van der Waals surface area contributed by atoms with Crippen LogP contribution < -0.4 is 5.32 Å². The molecule has 4 rings (SSSR count). The first kappa shape index (κ1) is 19.1. The van der Waals surface area contributed by atoms with Gasteiger partial charge in [-0.3, -0.25) is 4.79 Å². The SMILES string of the molecule is O=C(Cc1cccc2ccccc12)Nc1nnc(SCc2ccc(Br)cc2)s1. The number of anilines is 1. The number of nitrogens with one attached hydrogen (secondary N) is 1. The molecule has 28 heavy (non-hydrogen) atoms. The Labute approximate surface area is 179 Å². The summed E-state index contributed by atoms with van der Waals surface area (Å²) < 4.78 is 1.90. The van der Waals surface area contributed by atoms with E-state index in [2.05, 4.69) is 55.7 Å². The number of carbonyl (C=O) groups excluding carboxylic acids is 1. The van der Waals surface area contributed by atoms with Gasteiger partial charge in [0.1, 0.15) is 0 Å². The van der Waals surface area contributed by atoms with Crippen LogP contribution in [0.4, 0.5) is 5.13 Å². The summed E-state index contributed by atoms with van der Waals surface area (Å²) >= 11 is 6.45. The molecule has 4 nitrogen and oxygen atoms in total. The topological polar surface area (TPSA) is 54.9 Å². The molecule has 1 heterocycles. The second kappa shape index (κ2) is 8.86. The smallest absolute Gasteiger partial charge is 0.230 e. The van der Waals surface area contributed by atoms with Crippen LogP contribution in [0.3, 0.4) is 0 Å². The molecule has 0 unspecified atom stereocenters. The van der Waals surface area contributed by atoms with Crippen molar-refractivity contribution in [2.24, 2.45) is 0 Å². The van der Waals surface area contributed by atoms with Crippen LogP contribution in [0.2, 0.25) is 0 Å². The van der Waals surface area contributed by atoms with E-state index in [9.17, 15) is 4.79 Å². The number of thioether (sulfide) groups is 1. The summed E-state index contributed by atoms with van der Waals surface area (Å²) in [4.78, 5) is 12.5. The molecule has 1 N–H and O–H groups in total. The summed E-state index contributed by atoms with van der Waals surface area (Å²) in [6.07, 6.45) is 0.308. The van der Waals surface area contributed by atoms with Crippen molar-refractivity contribution in [3.63, 3.8) is 0 Å². The molecule has 3 aromatic carbocycles. The lowest BCUT2D eigenvalue weighted by Gasteiger charge is -2.06. The van der Waals surface area contributed by atoms with Crippen molar-refractivity contribution in [1.29, 1.82) is 0 Å². The van der Waals surface area contributed by atoms with Gasteiger partial charge < -0.3 is 5.32 Å². The molecule has 7 heteroatoms. The first-order valence-corrected chi connectivity index (χ1v) is 11.2. The highest BCUT2D eigenvalue weighted by Gasteiger charge is 2.11. The maximum Gasteiger partial charge on any atom is 0.230 e. The fraction of sp³-hybridized carbons (Fsp3) is 0.0952. The molecule has 1 amide bonds. The molecule has 140 valence electrons. The van der Waals surface area contributed by atoms with E-state index in [1.807, 2.05) is 42.5 Å². The molecule has 0 fully saturated rings. The van der Waals surface area contributed by atoms with Crippen LogP contribution >= 0.6 is 39.0 Å². The minimum absolute atomic E-state index is 0.0861. The third kappa shape index (κ3) is 4.79. The van der Waals surface area contributed by atoms with E-state index >= 15 is 0 Å². The van der Waals surface area contributed by atoms with Crippen molar-refractivity contribution in [2.75, 3.05) is 5.32 Å². The minimum atomic E-state index is -0.0861. The van der Waals surface area contributed by atoms with Crippen LogP contribution in [-0.4, -0.2) is 16.1 Å². The van der Waals surface area contributed by atoms with Gasteiger partial charge in [0.15, 0.2) is 4.34 Å². The van der Waals surface area contributed by atoms with Gasteiger partial charge in [-0.15, -0.1) is 10.2 Å². The fourth-order valence-corrected chi connectivity index (χ4v) is 4.82. The Kier molecular flexibility index (Phi) is 6.04. The number of carbonyl (C=O) groups is 1. The highest BCUT2D eigenvalue weighted by atomic mass is 79.9. The van der Waals surface area contributed by atoms with Crippen molar-refractivity contribution >= 4 is 60.8 Å². The van der Waals surface area contributed by atoms with Crippen LogP contribution in [0.25, 0.3) is 10.8 Å². The first-order valence-electron chi connectivity index (χ1n) is 8.64. The van der Waals surface area contributed by atoms with Crippen LogP contribution in [-0.2, 0) is 17.0 Å².